The van der Waals surface area contributed by atoms with E-state index in [4.69, 9.17) is 4.42 Å². The molecule has 1 aromatic heterocycles. The summed E-state index contributed by atoms with van der Waals surface area (Å²) >= 11 is 0. The molecular formula is C19H21FN2O3. The van der Waals surface area contributed by atoms with Crippen LogP contribution in [0.3, 0.4) is 0 Å². The molecule has 1 N–H and O–H groups in total. The predicted octanol–water partition coefficient (Wildman–Crippen LogP) is 3.96. The maximum absolute atomic E-state index is 13.8. The fraction of sp³-hybridized carbons (Fsp3) is 0.368. The maximum atomic E-state index is 13.8. The van der Waals surface area contributed by atoms with E-state index in [0.717, 1.165) is 25.7 Å². The van der Waals surface area contributed by atoms with Crippen LogP contribution in [0.25, 0.3) is 0 Å². The average molecular weight is 344 g/mol. The lowest BCUT2D eigenvalue weighted by Crippen LogP contribution is -2.38. The minimum Gasteiger partial charge on any atom is -0.467 e. The Kier molecular flexibility index (Phi) is 5.16. The van der Waals surface area contributed by atoms with E-state index in [2.05, 4.69) is 5.32 Å². The molecule has 0 spiro atoms. The lowest BCUT2D eigenvalue weighted by molar-refractivity contribution is -0.114. The molecule has 1 aromatic carbocycles. The van der Waals surface area contributed by atoms with Gasteiger partial charge < -0.3 is 14.6 Å². The zero-order valence-electron chi connectivity index (χ0n) is 14.1. The van der Waals surface area contributed by atoms with Crippen LogP contribution in [0.4, 0.5) is 10.1 Å². The first kappa shape index (κ1) is 17.2. The minimum absolute atomic E-state index is 0.0164. The molecule has 1 aliphatic carbocycles. The van der Waals surface area contributed by atoms with Gasteiger partial charge in [-0.2, -0.15) is 0 Å². The highest BCUT2D eigenvalue weighted by atomic mass is 19.1. The first-order chi connectivity index (χ1) is 12.0. The van der Waals surface area contributed by atoms with Gasteiger partial charge in [-0.25, -0.2) is 4.39 Å². The highest BCUT2D eigenvalue weighted by Gasteiger charge is 2.28. The second-order valence-electron chi connectivity index (χ2n) is 6.33. The molecule has 0 unspecified atom stereocenters. The van der Waals surface area contributed by atoms with Gasteiger partial charge in [-0.05, 0) is 43.2 Å². The molecule has 0 bridgehead atoms. The second-order valence-corrected chi connectivity index (χ2v) is 6.33. The number of hydrogen-bond acceptors (Lipinski definition) is 3. The average Bonchev–Trinajstić information content (AvgIpc) is 3.27. The van der Waals surface area contributed by atoms with Crippen molar-refractivity contribution in [3.05, 3.63) is 53.7 Å². The van der Waals surface area contributed by atoms with Crippen LogP contribution in [-0.2, 0) is 11.3 Å². The van der Waals surface area contributed by atoms with Crippen molar-refractivity contribution in [1.82, 2.24) is 4.90 Å². The number of carbonyl (C=O) groups excluding carboxylic acids is 2. The van der Waals surface area contributed by atoms with Crippen LogP contribution in [0.2, 0.25) is 0 Å². The number of anilines is 1. The van der Waals surface area contributed by atoms with E-state index < -0.39 is 5.82 Å². The van der Waals surface area contributed by atoms with Gasteiger partial charge in [0, 0.05) is 18.5 Å². The largest absolute Gasteiger partial charge is 0.467 e. The Morgan fingerprint density at radius 2 is 2.04 bits per heavy atom. The zero-order valence-corrected chi connectivity index (χ0v) is 14.1. The number of carbonyl (C=O) groups is 2. The Hall–Kier alpha value is -2.63. The van der Waals surface area contributed by atoms with E-state index in [0.29, 0.717) is 17.9 Å². The predicted molar refractivity (Wildman–Crippen MR) is 91.5 cm³/mol. The molecule has 6 heteroatoms. The Morgan fingerprint density at radius 1 is 1.28 bits per heavy atom. The van der Waals surface area contributed by atoms with Crippen molar-refractivity contribution in [3.8, 4) is 0 Å². The summed E-state index contributed by atoms with van der Waals surface area (Å²) in [6, 6.07) is 7.82. The fourth-order valence-electron chi connectivity index (χ4n) is 3.26. The molecule has 1 aliphatic rings. The number of furan rings is 1. The van der Waals surface area contributed by atoms with E-state index >= 15 is 0 Å². The lowest BCUT2D eigenvalue weighted by atomic mass is 10.1. The lowest BCUT2D eigenvalue weighted by Gasteiger charge is -2.28. The summed E-state index contributed by atoms with van der Waals surface area (Å²) in [7, 11) is 0. The molecule has 0 radical (unpaired) electrons. The fourth-order valence-corrected chi connectivity index (χ4v) is 3.26. The quantitative estimate of drug-likeness (QED) is 0.893. The molecule has 132 valence electrons. The third-order valence-corrected chi connectivity index (χ3v) is 4.46. The Labute approximate surface area is 145 Å². The molecule has 5 nitrogen and oxygen atoms in total. The molecule has 0 atom stereocenters. The smallest absolute Gasteiger partial charge is 0.254 e. The van der Waals surface area contributed by atoms with Crippen molar-refractivity contribution in [2.24, 2.45) is 0 Å². The Bertz CT molecular complexity index is 752. The summed E-state index contributed by atoms with van der Waals surface area (Å²) in [4.78, 5) is 26.1. The van der Waals surface area contributed by atoms with E-state index in [9.17, 15) is 14.0 Å². The van der Waals surface area contributed by atoms with Crippen molar-refractivity contribution < 1.29 is 18.4 Å². The van der Waals surface area contributed by atoms with Gasteiger partial charge in [0.05, 0.1) is 18.5 Å². The molecule has 2 aromatic rings. The van der Waals surface area contributed by atoms with Gasteiger partial charge in [0.25, 0.3) is 5.91 Å². The van der Waals surface area contributed by atoms with Crippen LogP contribution in [-0.4, -0.2) is 22.8 Å². The monoisotopic (exact) mass is 344 g/mol. The third kappa shape index (κ3) is 4.07. The summed E-state index contributed by atoms with van der Waals surface area (Å²) < 4.78 is 19.2. The van der Waals surface area contributed by atoms with E-state index in [1.807, 2.05) is 6.07 Å². The summed E-state index contributed by atoms with van der Waals surface area (Å²) in [5, 5.41) is 2.42. The Balaban J connectivity index is 1.87. The van der Waals surface area contributed by atoms with Crippen molar-refractivity contribution in [2.45, 2.75) is 45.2 Å². The van der Waals surface area contributed by atoms with Crippen molar-refractivity contribution in [3.63, 3.8) is 0 Å². The van der Waals surface area contributed by atoms with Crippen LogP contribution in [0, 0.1) is 5.82 Å². The van der Waals surface area contributed by atoms with E-state index in [1.165, 1.54) is 25.1 Å². The van der Waals surface area contributed by atoms with Crippen LogP contribution in [0.15, 0.2) is 41.0 Å². The van der Waals surface area contributed by atoms with Gasteiger partial charge in [0.1, 0.15) is 11.6 Å². The second kappa shape index (κ2) is 7.51. The summed E-state index contributed by atoms with van der Waals surface area (Å²) in [5.74, 6) is -0.420. The molecule has 25 heavy (non-hydrogen) atoms. The summed E-state index contributed by atoms with van der Waals surface area (Å²) in [5.41, 5.74) is 0.367. The molecule has 1 heterocycles. The highest BCUT2D eigenvalue weighted by Crippen LogP contribution is 2.27. The number of nitrogens with zero attached hydrogens (tertiary/aromatic N) is 1. The van der Waals surface area contributed by atoms with Gasteiger partial charge in [-0.3, -0.25) is 9.59 Å². The number of hydrogen-bond donors (Lipinski definition) is 1. The topological polar surface area (TPSA) is 62.6 Å². The SMILES string of the molecule is CC(=O)Nc1cc(C(=O)N(Cc2ccco2)C2CCCC2)ccc1F. The van der Waals surface area contributed by atoms with E-state index in [1.54, 1.807) is 17.2 Å². The molecule has 2 amide bonds. The minimum atomic E-state index is -0.565. The van der Waals surface area contributed by atoms with E-state index in [-0.39, 0.29) is 23.5 Å². The van der Waals surface area contributed by atoms with Crippen LogP contribution < -0.4 is 5.32 Å². The summed E-state index contributed by atoms with van der Waals surface area (Å²) in [6.07, 6.45) is 5.66. The highest BCUT2D eigenvalue weighted by molar-refractivity contribution is 5.97. The molecular weight excluding hydrogens is 323 g/mol. The van der Waals surface area contributed by atoms with Crippen molar-refractivity contribution in [2.75, 3.05) is 5.32 Å². The standard InChI is InChI=1S/C19H21FN2O3/c1-13(23)21-18-11-14(8-9-17(18)20)19(24)22(15-5-2-3-6-15)12-16-7-4-10-25-16/h4,7-11,15H,2-3,5-6,12H2,1H3,(H,21,23). The first-order valence-corrected chi connectivity index (χ1v) is 8.45. The zero-order chi connectivity index (χ0) is 17.8. The van der Waals surface area contributed by atoms with Gasteiger partial charge >= 0.3 is 0 Å². The molecule has 1 saturated carbocycles. The van der Waals surface area contributed by atoms with Gasteiger partial charge in [0.2, 0.25) is 5.91 Å². The number of benzene rings is 1. The van der Waals surface area contributed by atoms with Crippen molar-refractivity contribution in [1.29, 1.82) is 0 Å². The normalized spacial score (nSPS) is 14.5. The van der Waals surface area contributed by atoms with Crippen LogP contribution in [0.5, 0.6) is 0 Å². The van der Waals surface area contributed by atoms with Crippen LogP contribution >= 0.6 is 0 Å². The van der Waals surface area contributed by atoms with Crippen LogP contribution in [0.1, 0.15) is 48.7 Å². The third-order valence-electron chi connectivity index (χ3n) is 4.46. The molecule has 0 saturated heterocycles. The number of rotatable bonds is 5. The van der Waals surface area contributed by atoms with Crippen molar-refractivity contribution >= 4 is 17.5 Å². The maximum Gasteiger partial charge on any atom is 0.254 e. The number of halogens is 1. The molecule has 0 aliphatic heterocycles. The summed E-state index contributed by atoms with van der Waals surface area (Å²) in [6.45, 7) is 1.68. The Morgan fingerprint density at radius 3 is 2.68 bits per heavy atom. The van der Waals surface area contributed by atoms with Gasteiger partial charge in [-0.15, -0.1) is 0 Å². The molecule has 1 fully saturated rings. The van der Waals surface area contributed by atoms with Gasteiger partial charge in [0.15, 0.2) is 0 Å². The van der Waals surface area contributed by atoms with Gasteiger partial charge in [-0.1, -0.05) is 12.8 Å². The first-order valence-electron chi connectivity index (χ1n) is 8.45. The molecule has 3 rings (SSSR count). The number of amides is 2. The number of nitrogens with one attached hydrogen (secondary N) is 1.